The molecule has 0 unspecified atom stereocenters. The molecule has 1 fully saturated rings. The van der Waals surface area contributed by atoms with Crippen molar-refractivity contribution in [1.82, 2.24) is 15.0 Å². The van der Waals surface area contributed by atoms with Gasteiger partial charge in [0.1, 0.15) is 0 Å². The number of carboxylic acid groups (broad SMARTS) is 1. The fourth-order valence-corrected chi connectivity index (χ4v) is 3.39. The molecule has 2 heterocycles. The topological polar surface area (TPSA) is 79.5 Å². The molecule has 1 aliphatic rings. The van der Waals surface area contributed by atoms with Crippen LogP contribution in [0.5, 0.6) is 0 Å². The molecule has 1 atom stereocenters. The van der Waals surface area contributed by atoms with Crippen LogP contribution in [0.15, 0.2) is 22.7 Å². The third kappa shape index (κ3) is 3.88. The average molecular weight is 467 g/mol. The number of carbonyl (C=O) groups is 1. The predicted octanol–water partition coefficient (Wildman–Crippen LogP) is 4.22. The quantitative estimate of drug-likeness (QED) is 0.670. The van der Waals surface area contributed by atoms with Crippen molar-refractivity contribution in [2.45, 2.75) is 24.9 Å². The number of amides is 1. The van der Waals surface area contributed by atoms with E-state index in [1.165, 1.54) is 17.0 Å². The van der Waals surface area contributed by atoms with E-state index in [9.17, 15) is 18.0 Å². The van der Waals surface area contributed by atoms with Gasteiger partial charge in [-0.05, 0) is 53.6 Å². The van der Waals surface area contributed by atoms with Gasteiger partial charge in [-0.15, -0.1) is 0 Å². The van der Waals surface area contributed by atoms with E-state index in [1.807, 2.05) is 0 Å². The summed E-state index contributed by atoms with van der Waals surface area (Å²) in [6, 6.07) is 3.83. The number of hydrogen-bond acceptors (Lipinski definition) is 4. The molecule has 6 nitrogen and oxygen atoms in total. The third-order valence-corrected chi connectivity index (χ3v) is 4.95. The number of halogens is 4. The van der Waals surface area contributed by atoms with E-state index in [-0.39, 0.29) is 33.3 Å². The number of piperidine rings is 1. The second-order valence-corrected chi connectivity index (χ2v) is 6.88. The molecule has 3 rings (SSSR count). The Balaban J connectivity index is 1.86. The van der Waals surface area contributed by atoms with Crippen LogP contribution in [-0.2, 0) is 6.18 Å². The minimum absolute atomic E-state index is 0.0596. The summed E-state index contributed by atoms with van der Waals surface area (Å²) in [6.45, 7) is 0.677. The summed E-state index contributed by atoms with van der Waals surface area (Å²) in [5.74, 6) is 0.0504. The highest BCUT2D eigenvalue weighted by molar-refractivity contribution is 14.1. The van der Waals surface area contributed by atoms with E-state index in [1.54, 1.807) is 22.6 Å². The van der Waals surface area contributed by atoms with Crippen molar-refractivity contribution in [2.75, 3.05) is 13.1 Å². The summed E-state index contributed by atoms with van der Waals surface area (Å²) in [5, 5.41) is 12.8. The second kappa shape index (κ2) is 6.81. The minimum atomic E-state index is -4.47. The highest BCUT2D eigenvalue weighted by Gasteiger charge is 2.34. The van der Waals surface area contributed by atoms with Gasteiger partial charge in [-0.25, -0.2) is 4.79 Å². The molecule has 0 aliphatic carbocycles. The Morgan fingerprint density at radius 3 is 2.84 bits per heavy atom. The van der Waals surface area contributed by atoms with Crippen LogP contribution in [0.4, 0.5) is 18.0 Å². The third-order valence-electron chi connectivity index (χ3n) is 4.01. The average Bonchev–Trinajstić information content (AvgIpc) is 3.04. The smallest absolute Gasteiger partial charge is 0.417 e. The Bertz CT molecular complexity index is 794. The Kier molecular flexibility index (Phi) is 4.89. The van der Waals surface area contributed by atoms with Crippen LogP contribution in [0.3, 0.4) is 0 Å². The van der Waals surface area contributed by atoms with E-state index in [0.29, 0.717) is 19.4 Å². The Morgan fingerprint density at radius 1 is 1.40 bits per heavy atom. The summed E-state index contributed by atoms with van der Waals surface area (Å²) in [6.07, 6.45) is -4.14. The van der Waals surface area contributed by atoms with Crippen LogP contribution in [0.2, 0.25) is 0 Å². The fraction of sp³-hybridized carbons (Fsp3) is 0.400. The summed E-state index contributed by atoms with van der Waals surface area (Å²) >= 11 is 1.62. The molecule has 1 aromatic carbocycles. The zero-order valence-electron chi connectivity index (χ0n) is 12.8. The van der Waals surface area contributed by atoms with Crippen LogP contribution in [0.1, 0.15) is 30.2 Å². The second-order valence-electron chi connectivity index (χ2n) is 5.72. The monoisotopic (exact) mass is 467 g/mol. The van der Waals surface area contributed by atoms with Crippen molar-refractivity contribution >= 4 is 28.7 Å². The van der Waals surface area contributed by atoms with Gasteiger partial charge in [-0.3, -0.25) is 0 Å². The van der Waals surface area contributed by atoms with Crippen molar-refractivity contribution in [3.63, 3.8) is 0 Å². The molecule has 2 aromatic rings. The molecule has 10 heteroatoms. The minimum Gasteiger partial charge on any atom is -0.465 e. The molecule has 1 amide bonds. The van der Waals surface area contributed by atoms with Crippen LogP contribution in [0, 0.1) is 3.57 Å². The fourth-order valence-electron chi connectivity index (χ4n) is 2.75. The lowest BCUT2D eigenvalue weighted by atomic mass is 9.98. The number of likely N-dealkylation sites (tertiary alicyclic amines) is 1. The first-order chi connectivity index (χ1) is 11.8. The number of alkyl halides is 3. The molecule has 0 bridgehead atoms. The highest BCUT2D eigenvalue weighted by Crippen LogP contribution is 2.35. The van der Waals surface area contributed by atoms with Crippen molar-refractivity contribution in [1.29, 1.82) is 0 Å². The molecule has 0 spiro atoms. The summed E-state index contributed by atoms with van der Waals surface area (Å²) < 4.78 is 44.4. The number of benzene rings is 1. The molecule has 0 saturated carbocycles. The Morgan fingerprint density at radius 2 is 2.16 bits per heavy atom. The van der Waals surface area contributed by atoms with E-state index in [0.717, 1.165) is 6.07 Å². The lowest BCUT2D eigenvalue weighted by Gasteiger charge is -2.28. The van der Waals surface area contributed by atoms with E-state index < -0.39 is 17.8 Å². The first-order valence-electron chi connectivity index (χ1n) is 7.44. The predicted molar refractivity (Wildman–Crippen MR) is 89.0 cm³/mol. The maximum absolute atomic E-state index is 13.0. The van der Waals surface area contributed by atoms with E-state index >= 15 is 0 Å². The van der Waals surface area contributed by atoms with E-state index in [4.69, 9.17) is 9.63 Å². The largest absolute Gasteiger partial charge is 0.465 e. The maximum atomic E-state index is 13.0. The highest BCUT2D eigenvalue weighted by atomic mass is 127. The molecular formula is C15H13F3IN3O3. The molecule has 1 saturated heterocycles. The van der Waals surface area contributed by atoms with Crippen molar-refractivity contribution < 1.29 is 27.6 Å². The Labute approximate surface area is 154 Å². The number of aromatic nitrogens is 2. The van der Waals surface area contributed by atoms with Gasteiger partial charge in [0.25, 0.3) is 0 Å². The van der Waals surface area contributed by atoms with Gasteiger partial charge >= 0.3 is 12.3 Å². The number of rotatable bonds is 2. The van der Waals surface area contributed by atoms with E-state index in [2.05, 4.69) is 10.1 Å². The maximum Gasteiger partial charge on any atom is 0.417 e. The van der Waals surface area contributed by atoms with Gasteiger partial charge < -0.3 is 14.5 Å². The van der Waals surface area contributed by atoms with Crippen LogP contribution >= 0.6 is 22.6 Å². The van der Waals surface area contributed by atoms with Gasteiger partial charge in [0.15, 0.2) is 0 Å². The SMILES string of the molecule is O=C(O)N1CCC[C@@H](c2nc(-c3ccc(I)c(C(F)(F)F)c3)no2)C1. The lowest BCUT2D eigenvalue weighted by Crippen LogP contribution is -2.38. The summed E-state index contributed by atoms with van der Waals surface area (Å²) in [7, 11) is 0. The van der Waals surface area contributed by atoms with Gasteiger partial charge in [-0.2, -0.15) is 18.2 Å². The van der Waals surface area contributed by atoms with Crippen molar-refractivity contribution in [2.24, 2.45) is 0 Å². The summed E-state index contributed by atoms with van der Waals surface area (Å²) in [4.78, 5) is 16.5. The van der Waals surface area contributed by atoms with Gasteiger partial charge in [0, 0.05) is 22.2 Å². The molecule has 25 heavy (non-hydrogen) atoms. The summed E-state index contributed by atoms with van der Waals surface area (Å²) in [5.41, 5.74) is -0.555. The molecule has 1 aromatic heterocycles. The molecule has 1 aliphatic heterocycles. The van der Waals surface area contributed by atoms with Crippen molar-refractivity contribution in [3.05, 3.63) is 33.2 Å². The molecule has 1 N–H and O–H groups in total. The molecule has 134 valence electrons. The van der Waals surface area contributed by atoms with Gasteiger partial charge in [-0.1, -0.05) is 5.16 Å². The first-order valence-corrected chi connectivity index (χ1v) is 8.52. The van der Waals surface area contributed by atoms with Crippen LogP contribution in [0.25, 0.3) is 11.4 Å². The lowest BCUT2D eigenvalue weighted by molar-refractivity contribution is -0.138. The van der Waals surface area contributed by atoms with Crippen molar-refractivity contribution in [3.8, 4) is 11.4 Å². The zero-order valence-corrected chi connectivity index (χ0v) is 14.9. The molecular weight excluding hydrogens is 454 g/mol. The number of hydrogen-bond donors (Lipinski definition) is 1. The number of nitrogens with zero attached hydrogens (tertiary/aromatic N) is 3. The Hall–Kier alpha value is -1.85. The van der Waals surface area contributed by atoms with Crippen LogP contribution in [-0.4, -0.2) is 39.3 Å². The normalized spacial score (nSPS) is 18.4. The molecule has 0 radical (unpaired) electrons. The van der Waals surface area contributed by atoms with Gasteiger partial charge in [0.2, 0.25) is 11.7 Å². The first kappa shape index (κ1) is 18.0. The van der Waals surface area contributed by atoms with Gasteiger partial charge in [0.05, 0.1) is 11.5 Å². The standard InChI is InChI=1S/C15H13F3IN3O3/c16-15(17,18)10-6-8(3-4-11(10)19)12-20-13(25-21-12)9-2-1-5-22(7-9)14(23)24/h3-4,6,9H,1-2,5,7H2,(H,23,24)/t9-/m1/s1. The zero-order chi connectivity index (χ0) is 18.2. The van der Waals surface area contributed by atoms with Crippen LogP contribution < -0.4 is 0 Å².